The third-order valence-electron chi connectivity index (χ3n) is 4.05. The lowest BCUT2D eigenvalue weighted by atomic mass is 10.1. The van der Waals surface area contributed by atoms with Crippen molar-refractivity contribution in [1.29, 1.82) is 0 Å². The summed E-state index contributed by atoms with van der Waals surface area (Å²) in [5, 5.41) is 0. The van der Waals surface area contributed by atoms with Crippen molar-refractivity contribution in [2.24, 2.45) is 0 Å². The fraction of sp³-hybridized carbons (Fsp3) is 0.389. The topological polar surface area (TPSA) is 55.3 Å². The van der Waals surface area contributed by atoms with Crippen LogP contribution >= 0.6 is 0 Å². The SMILES string of the molecule is Cc1ccnc(C2CCN(C(=O)CCOc3ccccc3)C2)n1. The van der Waals surface area contributed by atoms with Crippen molar-refractivity contribution < 1.29 is 9.53 Å². The first kappa shape index (κ1) is 15.5. The first-order valence-corrected chi connectivity index (χ1v) is 7.97. The van der Waals surface area contributed by atoms with Gasteiger partial charge in [-0.25, -0.2) is 9.97 Å². The maximum atomic E-state index is 12.3. The van der Waals surface area contributed by atoms with Gasteiger partial charge in [-0.3, -0.25) is 4.79 Å². The number of para-hydroxylation sites is 1. The Morgan fingerprint density at radius 1 is 1.30 bits per heavy atom. The number of aromatic nitrogens is 2. The Hall–Kier alpha value is -2.43. The Bertz CT molecular complexity index is 660. The van der Waals surface area contributed by atoms with Crippen LogP contribution in [0.25, 0.3) is 0 Å². The van der Waals surface area contributed by atoms with Crippen LogP contribution in [0, 0.1) is 6.92 Å². The van der Waals surface area contributed by atoms with E-state index in [0.29, 0.717) is 19.6 Å². The summed E-state index contributed by atoms with van der Waals surface area (Å²) in [4.78, 5) is 23.0. The highest BCUT2D eigenvalue weighted by molar-refractivity contribution is 5.76. The normalized spacial score (nSPS) is 17.3. The number of rotatable bonds is 5. The standard InChI is InChI=1S/C18H21N3O2/c1-14-7-10-19-18(20-14)15-8-11-21(13-15)17(22)9-12-23-16-5-3-2-4-6-16/h2-7,10,15H,8-9,11-13H2,1H3. The van der Waals surface area contributed by atoms with Crippen LogP contribution in [0.3, 0.4) is 0 Å². The molecule has 0 N–H and O–H groups in total. The molecule has 0 saturated carbocycles. The van der Waals surface area contributed by atoms with Crippen molar-refractivity contribution in [3.05, 3.63) is 54.1 Å². The summed E-state index contributed by atoms with van der Waals surface area (Å²) in [7, 11) is 0. The Labute approximate surface area is 136 Å². The lowest BCUT2D eigenvalue weighted by Crippen LogP contribution is -2.29. The van der Waals surface area contributed by atoms with Crippen molar-refractivity contribution in [3.63, 3.8) is 0 Å². The van der Waals surface area contributed by atoms with Gasteiger partial charge in [0.15, 0.2) is 0 Å². The zero-order valence-electron chi connectivity index (χ0n) is 13.3. The van der Waals surface area contributed by atoms with Gasteiger partial charge in [-0.15, -0.1) is 0 Å². The maximum absolute atomic E-state index is 12.3. The van der Waals surface area contributed by atoms with Crippen LogP contribution in [-0.4, -0.2) is 40.5 Å². The molecular weight excluding hydrogens is 290 g/mol. The van der Waals surface area contributed by atoms with Gasteiger partial charge in [0.05, 0.1) is 13.0 Å². The van der Waals surface area contributed by atoms with E-state index in [9.17, 15) is 4.79 Å². The van der Waals surface area contributed by atoms with Crippen molar-refractivity contribution >= 4 is 5.91 Å². The van der Waals surface area contributed by atoms with Crippen LogP contribution in [0.2, 0.25) is 0 Å². The lowest BCUT2D eigenvalue weighted by molar-refractivity contribution is -0.130. The molecule has 1 amide bonds. The maximum Gasteiger partial charge on any atom is 0.226 e. The smallest absolute Gasteiger partial charge is 0.226 e. The van der Waals surface area contributed by atoms with E-state index < -0.39 is 0 Å². The minimum Gasteiger partial charge on any atom is -0.493 e. The molecule has 1 unspecified atom stereocenters. The molecule has 0 bridgehead atoms. The molecule has 1 aliphatic heterocycles. The van der Waals surface area contributed by atoms with Crippen LogP contribution in [0.15, 0.2) is 42.6 Å². The molecule has 1 fully saturated rings. The number of likely N-dealkylation sites (tertiary alicyclic amines) is 1. The van der Waals surface area contributed by atoms with Crippen LogP contribution in [0.5, 0.6) is 5.75 Å². The predicted molar refractivity (Wildman–Crippen MR) is 87.3 cm³/mol. The number of carbonyl (C=O) groups is 1. The number of nitrogens with zero attached hydrogens (tertiary/aromatic N) is 3. The Morgan fingerprint density at radius 3 is 2.91 bits per heavy atom. The van der Waals surface area contributed by atoms with Gasteiger partial charge in [-0.1, -0.05) is 18.2 Å². The van der Waals surface area contributed by atoms with E-state index in [1.807, 2.05) is 48.2 Å². The van der Waals surface area contributed by atoms with Crippen LogP contribution in [-0.2, 0) is 4.79 Å². The van der Waals surface area contributed by atoms with Gasteiger partial charge in [-0.2, -0.15) is 0 Å². The third-order valence-corrected chi connectivity index (χ3v) is 4.05. The first-order valence-electron chi connectivity index (χ1n) is 7.97. The fourth-order valence-electron chi connectivity index (χ4n) is 2.79. The molecule has 1 aromatic heterocycles. The summed E-state index contributed by atoms with van der Waals surface area (Å²) in [6, 6.07) is 11.5. The summed E-state index contributed by atoms with van der Waals surface area (Å²) < 4.78 is 5.59. The molecule has 2 aromatic rings. The molecule has 23 heavy (non-hydrogen) atoms. The molecule has 2 heterocycles. The van der Waals surface area contributed by atoms with Gasteiger partial charge in [-0.05, 0) is 31.5 Å². The van der Waals surface area contributed by atoms with E-state index in [0.717, 1.165) is 30.2 Å². The van der Waals surface area contributed by atoms with Gasteiger partial charge in [0.2, 0.25) is 5.91 Å². The highest BCUT2D eigenvalue weighted by atomic mass is 16.5. The zero-order valence-corrected chi connectivity index (χ0v) is 13.3. The van der Waals surface area contributed by atoms with Gasteiger partial charge >= 0.3 is 0 Å². The van der Waals surface area contributed by atoms with Gasteiger partial charge in [0.1, 0.15) is 11.6 Å². The molecule has 1 atom stereocenters. The Balaban J connectivity index is 1.48. The van der Waals surface area contributed by atoms with Crippen LogP contribution < -0.4 is 4.74 Å². The number of benzene rings is 1. The highest BCUT2D eigenvalue weighted by Gasteiger charge is 2.28. The Morgan fingerprint density at radius 2 is 2.13 bits per heavy atom. The number of hydrogen-bond donors (Lipinski definition) is 0. The largest absolute Gasteiger partial charge is 0.493 e. The quantitative estimate of drug-likeness (QED) is 0.851. The summed E-state index contributed by atoms with van der Waals surface area (Å²) in [5.41, 5.74) is 0.969. The Kier molecular flexibility index (Phi) is 4.86. The van der Waals surface area contributed by atoms with Crippen LogP contribution in [0.1, 0.15) is 30.3 Å². The molecule has 0 aliphatic carbocycles. The third kappa shape index (κ3) is 4.06. The summed E-state index contributed by atoms with van der Waals surface area (Å²) in [6.07, 6.45) is 3.11. The van der Waals surface area contributed by atoms with E-state index >= 15 is 0 Å². The molecule has 0 radical (unpaired) electrons. The molecule has 120 valence electrons. The minimum absolute atomic E-state index is 0.135. The molecule has 1 aliphatic rings. The molecule has 5 nitrogen and oxygen atoms in total. The number of hydrogen-bond acceptors (Lipinski definition) is 4. The predicted octanol–water partition coefficient (Wildman–Crippen LogP) is 2.57. The number of ether oxygens (including phenoxy) is 1. The molecule has 3 rings (SSSR count). The van der Waals surface area contributed by atoms with Gasteiger partial charge < -0.3 is 9.64 Å². The molecule has 1 aromatic carbocycles. The van der Waals surface area contributed by atoms with Crippen LogP contribution in [0.4, 0.5) is 0 Å². The molecular formula is C18H21N3O2. The van der Waals surface area contributed by atoms with E-state index in [4.69, 9.17) is 4.74 Å². The van der Waals surface area contributed by atoms with E-state index in [2.05, 4.69) is 9.97 Å². The summed E-state index contributed by atoms with van der Waals surface area (Å²) >= 11 is 0. The van der Waals surface area contributed by atoms with Crippen molar-refractivity contribution in [1.82, 2.24) is 14.9 Å². The molecule has 0 spiro atoms. The van der Waals surface area contributed by atoms with E-state index in [-0.39, 0.29) is 11.8 Å². The van der Waals surface area contributed by atoms with Crippen molar-refractivity contribution in [2.45, 2.75) is 25.7 Å². The second-order valence-electron chi connectivity index (χ2n) is 5.79. The first-order chi connectivity index (χ1) is 11.2. The number of carbonyl (C=O) groups excluding carboxylic acids is 1. The van der Waals surface area contributed by atoms with E-state index in [1.54, 1.807) is 6.20 Å². The average molecular weight is 311 g/mol. The second-order valence-corrected chi connectivity index (χ2v) is 5.79. The fourth-order valence-corrected chi connectivity index (χ4v) is 2.79. The summed E-state index contributed by atoms with van der Waals surface area (Å²) in [5.74, 6) is 2.03. The van der Waals surface area contributed by atoms with Crippen molar-refractivity contribution in [2.75, 3.05) is 19.7 Å². The van der Waals surface area contributed by atoms with E-state index in [1.165, 1.54) is 0 Å². The lowest BCUT2D eigenvalue weighted by Gasteiger charge is -2.16. The monoisotopic (exact) mass is 311 g/mol. The highest BCUT2D eigenvalue weighted by Crippen LogP contribution is 2.25. The van der Waals surface area contributed by atoms with Gasteiger partial charge in [0.25, 0.3) is 0 Å². The number of amides is 1. The molecule has 5 heteroatoms. The zero-order chi connectivity index (χ0) is 16.1. The second kappa shape index (κ2) is 7.22. The molecule has 1 saturated heterocycles. The van der Waals surface area contributed by atoms with Gasteiger partial charge in [0, 0.05) is 30.9 Å². The summed E-state index contributed by atoms with van der Waals surface area (Å²) in [6.45, 7) is 3.84. The minimum atomic E-state index is 0.135. The average Bonchev–Trinajstić information content (AvgIpc) is 3.06. The number of aryl methyl sites for hydroxylation is 1. The van der Waals surface area contributed by atoms with Crippen molar-refractivity contribution in [3.8, 4) is 5.75 Å².